The highest BCUT2D eigenvalue weighted by molar-refractivity contribution is 9.10. The summed E-state index contributed by atoms with van der Waals surface area (Å²) in [6.07, 6.45) is 0.543. The zero-order valence-electron chi connectivity index (χ0n) is 19.3. The van der Waals surface area contributed by atoms with Gasteiger partial charge in [0.25, 0.3) is 0 Å². The van der Waals surface area contributed by atoms with Gasteiger partial charge in [0, 0.05) is 42.5 Å². The van der Waals surface area contributed by atoms with Gasteiger partial charge in [0.05, 0.1) is 6.54 Å². The zero-order chi connectivity index (χ0) is 24.4. The van der Waals surface area contributed by atoms with Crippen LogP contribution in [0, 0.1) is 11.8 Å². The van der Waals surface area contributed by atoms with Gasteiger partial charge in [0.15, 0.2) is 0 Å². The van der Waals surface area contributed by atoms with Crippen LogP contribution in [0.2, 0.25) is 0 Å². The lowest BCUT2D eigenvalue weighted by atomic mass is 9.93. The molecule has 178 valence electrons. The Bertz CT molecular complexity index is 936. The van der Waals surface area contributed by atoms with Gasteiger partial charge < -0.3 is 10.2 Å². The molecule has 0 bridgehead atoms. The van der Waals surface area contributed by atoms with Gasteiger partial charge in [-0.05, 0) is 42.2 Å². The first kappa shape index (κ1) is 26.5. The molecule has 0 heterocycles. The molecular weight excluding hydrogens is 486 g/mol. The summed E-state index contributed by atoms with van der Waals surface area (Å²) in [7, 11) is 1.70. The maximum absolute atomic E-state index is 12.8. The molecule has 0 aliphatic heterocycles. The van der Waals surface area contributed by atoms with Crippen LogP contribution < -0.4 is 10.2 Å². The largest absolute Gasteiger partial charge is 0.355 e. The van der Waals surface area contributed by atoms with Crippen LogP contribution in [0.3, 0.4) is 0 Å². The Morgan fingerprint density at radius 1 is 1.03 bits per heavy atom. The number of halogens is 1. The van der Waals surface area contributed by atoms with Crippen LogP contribution in [-0.4, -0.2) is 41.6 Å². The smallest absolute Gasteiger partial charge is 0.247 e. The predicted molar refractivity (Wildman–Crippen MR) is 132 cm³/mol. The van der Waals surface area contributed by atoms with E-state index in [1.54, 1.807) is 11.9 Å². The summed E-state index contributed by atoms with van der Waals surface area (Å²) in [5.41, 5.74) is 1.55. The fourth-order valence-electron chi connectivity index (χ4n) is 3.46. The van der Waals surface area contributed by atoms with Gasteiger partial charge in [-0.15, -0.1) is 0 Å². The van der Waals surface area contributed by atoms with E-state index in [-0.39, 0.29) is 43.7 Å². The molecule has 0 saturated carbocycles. The van der Waals surface area contributed by atoms with Crippen molar-refractivity contribution < 1.29 is 19.6 Å². The summed E-state index contributed by atoms with van der Waals surface area (Å²) in [4.78, 5) is 39.3. The number of nitrogens with one attached hydrogen (secondary N) is 1. The van der Waals surface area contributed by atoms with Gasteiger partial charge in [0.2, 0.25) is 17.7 Å². The molecule has 0 aliphatic carbocycles. The Morgan fingerprint density at radius 2 is 1.73 bits per heavy atom. The highest BCUT2D eigenvalue weighted by atomic mass is 79.9. The Balaban J connectivity index is 1.88. The van der Waals surface area contributed by atoms with E-state index < -0.39 is 11.8 Å². The second-order valence-electron chi connectivity index (χ2n) is 8.44. The Morgan fingerprint density at radius 3 is 2.36 bits per heavy atom. The lowest BCUT2D eigenvalue weighted by Gasteiger charge is -2.22. The van der Waals surface area contributed by atoms with Crippen molar-refractivity contribution in [3.05, 3.63) is 64.6 Å². The second-order valence-corrected chi connectivity index (χ2v) is 9.36. The van der Waals surface area contributed by atoms with E-state index >= 15 is 0 Å². The zero-order valence-corrected chi connectivity index (χ0v) is 20.9. The Hall–Kier alpha value is -2.71. The number of carbonyl (C=O) groups excluding carboxylic acids is 3. The molecule has 0 spiro atoms. The van der Waals surface area contributed by atoms with Crippen molar-refractivity contribution >= 4 is 39.3 Å². The Kier molecular flexibility index (Phi) is 10.5. The second kappa shape index (κ2) is 13.1. The van der Waals surface area contributed by atoms with Crippen LogP contribution in [-0.2, 0) is 20.9 Å². The summed E-state index contributed by atoms with van der Waals surface area (Å²) >= 11 is 3.37. The number of anilines is 1. The van der Waals surface area contributed by atoms with Crippen molar-refractivity contribution in [2.45, 2.75) is 39.7 Å². The van der Waals surface area contributed by atoms with Crippen molar-refractivity contribution in [2.24, 2.45) is 11.8 Å². The summed E-state index contributed by atoms with van der Waals surface area (Å²) in [5, 5.41) is 13.7. The lowest BCUT2D eigenvalue weighted by Crippen LogP contribution is -2.38. The minimum Gasteiger partial charge on any atom is -0.355 e. The summed E-state index contributed by atoms with van der Waals surface area (Å²) in [5.74, 6) is -1.32. The SMILES string of the molecule is CC(C)C[C@H](CC(=O)N(O)Cc1cccc(Br)c1)C(=O)NCCC(=O)N(C)c1ccccc1. The van der Waals surface area contributed by atoms with Gasteiger partial charge in [-0.25, -0.2) is 5.06 Å². The number of nitrogens with zero attached hydrogens (tertiary/aromatic N) is 2. The molecule has 0 unspecified atom stereocenters. The van der Waals surface area contributed by atoms with Gasteiger partial charge in [-0.1, -0.05) is 60.1 Å². The van der Waals surface area contributed by atoms with Gasteiger partial charge >= 0.3 is 0 Å². The normalized spacial score (nSPS) is 11.7. The number of carbonyl (C=O) groups is 3. The molecule has 7 nitrogen and oxygen atoms in total. The molecule has 2 aromatic rings. The molecule has 2 N–H and O–H groups in total. The molecule has 2 rings (SSSR count). The monoisotopic (exact) mass is 517 g/mol. The van der Waals surface area contributed by atoms with E-state index in [9.17, 15) is 19.6 Å². The molecule has 8 heteroatoms. The average molecular weight is 518 g/mol. The number of hydrogen-bond acceptors (Lipinski definition) is 4. The number of hydroxylamine groups is 2. The summed E-state index contributed by atoms with van der Waals surface area (Å²) in [6.45, 7) is 4.16. The standard InChI is InChI=1S/C25H32BrN3O4/c1-18(2)14-20(16-24(31)29(33)17-19-8-7-9-21(26)15-19)25(32)27-13-12-23(30)28(3)22-10-5-4-6-11-22/h4-11,15,18,20,33H,12-14,16-17H2,1-3H3,(H,27,32)/t20-/m1/s1. The molecule has 0 radical (unpaired) electrons. The number of benzene rings is 2. The van der Waals surface area contributed by atoms with Crippen molar-refractivity contribution in [3.8, 4) is 0 Å². The molecule has 0 saturated heterocycles. The number of hydrogen-bond donors (Lipinski definition) is 2. The summed E-state index contributed by atoms with van der Waals surface area (Å²) < 4.78 is 0.852. The average Bonchev–Trinajstić information content (AvgIpc) is 2.78. The van der Waals surface area contributed by atoms with Gasteiger partial charge in [-0.3, -0.25) is 19.6 Å². The third kappa shape index (κ3) is 8.98. The fraction of sp³-hybridized carbons (Fsp3) is 0.400. The maximum atomic E-state index is 12.8. The summed E-state index contributed by atoms with van der Waals surface area (Å²) in [6, 6.07) is 16.6. The first-order valence-electron chi connectivity index (χ1n) is 11.0. The highest BCUT2D eigenvalue weighted by Gasteiger charge is 2.25. The van der Waals surface area contributed by atoms with E-state index in [1.165, 1.54) is 0 Å². The van der Waals surface area contributed by atoms with Crippen molar-refractivity contribution in [1.29, 1.82) is 0 Å². The van der Waals surface area contributed by atoms with E-state index in [0.717, 1.165) is 15.7 Å². The first-order valence-corrected chi connectivity index (χ1v) is 11.8. The molecule has 0 fully saturated rings. The minimum absolute atomic E-state index is 0.0363. The van der Waals surface area contributed by atoms with E-state index in [4.69, 9.17) is 0 Å². The van der Waals surface area contributed by atoms with Crippen LogP contribution in [0.1, 0.15) is 38.7 Å². The molecule has 0 aliphatic rings. The molecule has 0 aromatic heterocycles. The number of amides is 3. The van der Waals surface area contributed by atoms with E-state index in [1.807, 2.05) is 68.4 Å². The lowest BCUT2D eigenvalue weighted by molar-refractivity contribution is -0.169. The van der Waals surface area contributed by atoms with Crippen molar-refractivity contribution in [2.75, 3.05) is 18.5 Å². The molecule has 3 amide bonds. The van der Waals surface area contributed by atoms with E-state index in [0.29, 0.717) is 11.5 Å². The quantitative estimate of drug-likeness (QED) is 0.341. The molecule has 1 atom stereocenters. The van der Waals surface area contributed by atoms with Crippen LogP contribution in [0.15, 0.2) is 59.1 Å². The van der Waals surface area contributed by atoms with Gasteiger partial charge in [-0.2, -0.15) is 0 Å². The van der Waals surface area contributed by atoms with Crippen LogP contribution >= 0.6 is 15.9 Å². The van der Waals surface area contributed by atoms with Crippen LogP contribution in [0.4, 0.5) is 5.69 Å². The highest BCUT2D eigenvalue weighted by Crippen LogP contribution is 2.19. The third-order valence-corrected chi connectivity index (χ3v) is 5.71. The van der Waals surface area contributed by atoms with Crippen molar-refractivity contribution in [3.63, 3.8) is 0 Å². The number of rotatable bonds is 11. The maximum Gasteiger partial charge on any atom is 0.247 e. The topological polar surface area (TPSA) is 90.0 Å². The molecular formula is C25H32BrN3O4. The van der Waals surface area contributed by atoms with E-state index in [2.05, 4.69) is 21.2 Å². The molecule has 2 aromatic carbocycles. The minimum atomic E-state index is -0.586. The van der Waals surface area contributed by atoms with Crippen LogP contribution in [0.5, 0.6) is 0 Å². The number of para-hydroxylation sites is 1. The Labute approximate surface area is 203 Å². The van der Waals surface area contributed by atoms with Gasteiger partial charge in [0.1, 0.15) is 0 Å². The molecule has 33 heavy (non-hydrogen) atoms. The fourth-order valence-corrected chi connectivity index (χ4v) is 3.91. The van der Waals surface area contributed by atoms with Crippen LogP contribution in [0.25, 0.3) is 0 Å². The predicted octanol–water partition coefficient (Wildman–Crippen LogP) is 4.39. The van der Waals surface area contributed by atoms with Crippen molar-refractivity contribution in [1.82, 2.24) is 10.4 Å². The first-order chi connectivity index (χ1) is 15.7. The third-order valence-electron chi connectivity index (χ3n) is 5.21.